The number of methoxy groups -OCH3 is 2. The van der Waals surface area contributed by atoms with Crippen LogP contribution in [0, 0.1) is 5.82 Å². The molecule has 0 aliphatic carbocycles. The molecule has 0 radical (unpaired) electrons. The standard InChI is InChI=1S/C19H19ClFNO6S/c1-26-17-8-7-12(20)9-18(17)29(24,25)22-11-13(10-15(22)19(23)27-2)28-16-6-4-3-5-14(16)21/h3-9,13,15H,10-11H2,1-2H3/t13-,15+/m0/s1. The monoisotopic (exact) mass is 443 g/mol. The number of sulfonamides is 1. The Labute approximate surface area is 173 Å². The second-order valence-corrected chi connectivity index (χ2v) is 8.61. The number of hydrogen-bond donors (Lipinski definition) is 0. The Morgan fingerprint density at radius 3 is 2.55 bits per heavy atom. The zero-order chi connectivity index (χ0) is 21.2. The molecule has 0 spiro atoms. The number of esters is 1. The fourth-order valence-corrected chi connectivity index (χ4v) is 5.21. The Morgan fingerprint density at radius 1 is 1.17 bits per heavy atom. The highest BCUT2D eigenvalue weighted by molar-refractivity contribution is 7.89. The van der Waals surface area contributed by atoms with E-state index in [0.717, 1.165) is 11.4 Å². The van der Waals surface area contributed by atoms with E-state index in [2.05, 4.69) is 0 Å². The third-order valence-electron chi connectivity index (χ3n) is 4.53. The van der Waals surface area contributed by atoms with E-state index in [1.165, 1.54) is 43.5 Å². The lowest BCUT2D eigenvalue weighted by molar-refractivity contribution is -0.144. The summed E-state index contributed by atoms with van der Waals surface area (Å²) in [5, 5.41) is 0.192. The number of nitrogens with zero attached hydrogens (tertiary/aromatic N) is 1. The molecular formula is C19H19ClFNO6S. The van der Waals surface area contributed by atoms with Gasteiger partial charge in [0.2, 0.25) is 10.0 Å². The predicted octanol–water partition coefficient (Wildman–Crippen LogP) is 2.87. The maximum Gasteiger partial charge on any atom is 0.324 e. The van der Waals surface area contributed by atoms with Gasteiger partial charge in [0, 0.05) is 11.4 Å². The number of carbonyl (C=O) groups excluding carboxylic acids is 1. The van der Waals surface area contributed by atoms with Gasteiger partial charge in [0.1, 0.15) is 22.8 Å². The molecule has 0 saturated carbocycles. The van der Waals surface area contributed by atoms with Crippen molar-refractivity contribution in [3.8, 4) is 11.5 Å². The zero-order valence-corrected chi connectivity index (χ0v) is 17.2. The maximum atomic E-state index is 13.9. The van der Waals surface area contributed by atoms with Gasteiger partial charge in [-0.05, 0) is 30.3 Å². The minimum atomic E-state index is -4.19. The summed E-state index contributed by atoms with van der Waals surface area (Å²) in [6, 6.07) is 8.79. The van der Waals surface area contributed by atoms with Crippen LogP contribution in [-0.2, 0) is 19.6 Å². The largest absolute Gasteiger partial charge is 0.495 e. The molecule has 29 heavy (non-hydrogen) atoms. The predicted molar refractivity (Wildman–Crippen MR) is 103 cm³/mol. The summed E-state index contributed by atoms with van der Waals surface area (Å²) >= 11 is 5.97. The molecule has 2 aromatic carbocycles. The first kappa shape index (κ1) is 21.4. The molecule has 0 bridgehead atoms. The van der Waals surface area contributed by atoms with E-state index < -0.39 is 34.0 Å². The summed E-state index contributed by atoms with van der Waals surface area (Å²) in [6.07, 6.45) is -0.751. The molecular weight excluding hydrogens is 425 g/mol. The second-order valence-electron chi connectivity index (χ2n) is 6.31. The van der Waals surface area contributed by atoms with Crippen molar-refractivity contribution < 1.29 is 31.8 Å². The summed E-state index contributed by atoms with van der Waals surface area (Å²) in [4.78, 5) is 12.1. The lowest BCUT2D eigenvalue weighted by Crippen LogP contribution is -2.41. The normalized spacial score (nSPS) is 19.7. The zero-order valence-electron chi connectivity index (χ0n) is 15.7. The fraction of sp³-hybridized carbons (Fsp3) is 0.316. The summed E-state index contributed by atoms with van der Waals surface area (Å²) < 4.78 is 57.1. The summed E-state index contributed by atoms with van der Waals surface area (Å²) in [6.45, 7) is -0.175. The Balaban J connectivity index is 1.96. The van der Waals surface area contributed by atoms with E-state index in [1.807, 2.05) is 0 Å². The van der Waals surface area contributed by atoms with Crippen molar-refractivity contribution in [1.29, 1.82) is 0 Å². The van der Waals surface area contributed by atoms with Crippen LogP contribution in [0.15, 0.2) is 47.4 Å². The molecule has 2 atom stereocenters. The average molecular weight is 444 g/mol. The van der Waals surface area contributed by atoms with Crippen LogP contribution in [0.5, 0.6) is 11.5 Å². The van der Waals surface area contributed by atoms with E-state index in [1.54, 1.807) is 6.07 Å². The number of hydrogen-bond acceptors (Lipinski definition) is 6. The highest BCUT2D eigenvalue weighted by Crippen LogP contribution is 2.35. The van der Waals surface area contributed by atoms with Crippen molar-refractivity contribution in [2.75, 3.05) is 20.8 Å². The molecule has 1 aliphatic heterocycles. The van der Waals surface area contributed by atoms with Gasteiger partial charge in [0.25, 0.3) is 0 Å². The molecule has 1 saturated heterocycles. The van der Waals surface area contributed by atoms with Gasteiger partial charge in [-0.2, -0.15) is 4.31 Å². The lowest BCUT2D eigenvalue weighted by Gasteiger charge is -2.23. The molecule has 3 rings (SSSR count). The second kappa shape index (κ2) is 8.56. The summed E-state index contributed by atoms with van der Waals surface area (Å²) in [5.74, 6) is -1.27. The van der Waals surface area contributed by atoms with E-state index in [4.69, 9.17) is 25.8 Å². The molecule has 7 nitrogen and oxygen atoms in total. The van der Waals surface area contributed by atoms with Gasteiger partial charge in [-0.15, -0.1) is 0 Å². The number of rotatable bonds is 6. The number of benzene rings is 2. The van der Waals surface area contributed by atoms with Crippen molar-refractivity contribution >= 4 is 27.6 Å². The van der Waals surface area contributed by atoms with Crippen LogP contribution in [0.4, 0.5) is 4.39 Å². The van der Waals surface area contributed by atoms with Crippen LogP contribution in [0.2, 0.25) is 5.02 Å². The van der Waals surface area contributed by atoms with Gasteiger partial charge in [-0.1, -0.05) is 23.7 Å². The van der Waals surface area contributed by atoms with Crippen LogP contribution in [0.3, 0.4) is 0 Å². The van der Waals surface area contributed by atoms with E-state index in [9.17, 15) is 17.6 Å². The molecule has 156 valence electrons. The average Bonchev–Trinajstić information content (AvgIpc) is 3.14. The van der Waals surface area contributed by atoms with Gasteiger partial charge in [-0.25, -0.2) is 12.8 Å². The highest BCUT2D eigenvalue weighted by atomic mass is 35.5. The molecule has 1 aliphatic rings. The number of ether oxygens (including phenoxy) is 3. The van der Waals surface area contributed by atoms with Gasteiger partial charge < -0.3 is 14.2 Å². The molecule has 0 unspecified atom stereocenters. The third-order valence-corrected chi connectivity index (χ3v) is 6.66. The van der Waals surface area contributed by atoms with Crippen LogP contribution in [0.1, 0.15) is 6.42 Å². The first-order valence-corrected chi connectivity index (χ1v) is 10.4. The number of para-hydroxylation sites is 1. The molecule has 10 heteroatoms. The Kier molecular flexibility index (Phi) is 6.30. The first-order valence-electron chi connectivity index (χ1n) is 8.62. The Bertz CT molecular complexity index is 1020. The summed E-state index contributed by atoms with van der Waals surface area (Å²) in [5.41, 5.74) is 0. The smallest absolute Gasteiger partial charge is 0.324 e. The van der Waals surface area contributed by atoms with Crippen LogP contribution in [0.25, 0.3) is 0 Å². The lowest BCUT2D eigenvalue weighted by atomic mass is 10.2. The molecule has 1 fully saturated rings. The van der Waals surface area contributed by atoms with Gasteiger partial charge in [0.15, 0.2) is 11.6 Å². The highest BCUT2D eigenvalue weighted by Gasteiger charge is 2.46. The quantitative estimate of drug-likeness (QED) is 0.638. The van der Waals surface area contributed by atoms with E-state index in [-0.39, 0.29) is 34.4 Å². The van der Waals surface area contributed by atoms with Gasteiger partial charge in [-0.3, -0.25) is 4.79 Å². The van der Waals surface area contributed by atoms with Crippen LogP contribution >= 0.6 is 11.6 Å². The Morgan fingerprint density at radius 2 is 1.90 bits per heavy atom. The van der Waals surface area contributed by atoms with Gasteiger partial charge >= 0.3 is 5.97 Å². The molecule has 0 aromatic heterocycles. The number of halogens is 2. The minimum absolute atomic E-state index is 0.00309. The van der Waals surface area contributed by atoms with Crippen molar-refractivity contribution in [2.24, 2.45) is 0 Å². The fourth-order valence-electron chi connectivity index (χ4n) is 3.17. The third kappa shape index (κ3) is 4.31. The molecule has 1 heterocycles. The summed E-state index contributed by atoms with van der Waals surface area (Å²) in [7, 11) is -1.70. The van der Waals surface area contributed by atoms with Crippen molar-refractivity contribution in [2.45, 2.75) is 23.5 Å². The molecule has 0 N–H and O–H groups in total. The number of carbonyl (C=O) groups is 1. The minimum Gasteiger partial charge on any atom is -0.495 e. The SMILES string of the molecule is COC(=O)[C@H]1C[C@H](Oc2ccccc2F)CN1S(=O)(=O)c1cc(Cl)ccc1OC. The van der Waals surface area contributed by atoms with E-state index >= 15 is 0 Å². The van der Waals surface area contributed by atoms with Crippen molar-refractivity contribution in [3.63, 3.8) is 0 Å². The van der Waals surface area contributed by atoms with Crippen molar-refractivity contribution in [1.82, 2.24) is 4.31 Å². The van der Waals surface area contributed by atoms with E-state index in [0.29, 0.717) is 0 Å². The molecule has 2 aromatic rings. The van der Waals surface area contributed by atoms with Crippen LogP contribution in [-0.4, -0.2) is 51.6 Å². The van der Waals surface area contributed by atoms with Crippen molar-refractivity contribution in [3.05, 3.63) is 53.3 Å². The topological polar surface area (TPSA) is 82.1 Å². The first-order chi connectivity index (χ1) is 13.8. The van der Waals surface area contributed by atoms with Gasteiger partial charge in [0.05, 0.1) is 20.8 Å². The Hall–Kier alpha value is -2.36. The van der Waals surface area contributed by atoms with Crippen LogP contribution < -0.4 is 9.47 Å². The maximum absolute atomic E-state index is 13.9. The molecule has 0 amide bonds.